The van der Waals surface area contributed by atoms with Crippen molar-refractivity contribution in [3.63, 3.8) is 0 Å². The maximum absolute atomic E-state index is 10.7. The molecule has 2 heterocycles. The van der Waals surface area contributed by atoms with Crippen LogP contribution in [-0.2, 0) is 0 Å². The monoisotopic (exact) mass is 193 g/mol. The van der Waals surface area contributed by atoms with Crippen LogP contribution in [0.4, 0.5) is 0 Å². The van der Waals surface area contributed by atoms with E-state index >= 15 is 0 Å². The summed E-state index contributed by atoms with van der Waals surface area (Å²) in [4.78, 5) is 2.48. The van der Waals surface area contributed by atoms with Crippen molar-refractivity contribution >= 4 is 0 Å². The first kappa shape index (κ1) is 8.93. The van der Waals surface area contributed by atoms with Gasteiger partial charge >= 0.3 is 0 Å². The van der Waals surface area contributed by atoms with Crippen LogP contribution in [0, 0.1) is 5.92 Å². The van der Waals surface area contributed by atoms with E-state index in [0.29, 0.717) is 12.0 Å². The van der Waals surface area contributed by atoms with Crippen molar-refractivity contribution in [1.29, 1.82) is 0 Å². The van der Waals surface area contributed by atoms with E-state index in [2.05, 4.69) is 17.9 Å². The molecular formula is C12H19NO. The molecule has 1 saturated heterocycles. The highest BCUT2D eigenvalue weighted by Crippen LogP contribution is 2.47. The number of nitrogens with zero attached hydrogens (tertiary/aromatic N) is 1. The Morgan fingerprint density at radius 2 is 2.43 bits per heavy atom. The molecule has 2 fully saturated rings. The van der Waals surface area contributed by atoms with Gasteiger partial charge in [0.25, 0.3) is 0 Å². The van der Waals surface area contributed by atoms with Gasteiger partial charge in [-0.05, 0) is 26.2 Å². The van der Waals surface area contributed by atoms with Crippen LogP contribution in [0.25, 0.3) is 0 Å². The molecule has 3 aliphatic rings. The van der Waals surface area contributed by atoms with Crippen LogP contribution in [-0.4, -0.2) is 34.7 Å². The second-order valence-electron chi connectivity index (χ2n) is 5.28. The molecule has 3 atom stereocenters. The van der Waals surface area contributed by atoms with E-state index in [1.165, 1.54) is 24.8 Å². The van der Waals surface area contributed by atoms with Gasteiger partial charge in [0.15, 0.2) is 0 Å². The van der Waals surface area contributed by atoms with E-state index in [4.69, 9.17) is 0 Å². The maximum Gasteiger partial charge on any atom is 0.0878 e. The Kier molecular flexibility index (Phi) is 1.80. The molecule has 1 N–H and O–H groups in total. The Hall–Kier alpha value is -0.340. The van der Waals surface area contributed by atoms with E-state index < -0.39 is 0 Å². The SMILES string of the molecule is CC1=C[C@@H]2N(CC1)C[C@H]1CCC[C@]12O. The van der Waals surface area contributed by atoms with Crippen molar-refractivity contribution < 1.29 is 5.11 Å². The molecule has 0 amide bonds. The third-order valence-corrected chi connectivity index (χ3v) is 4.43. The smallest absolute Gasteiger partial charge is 0.0878 e. The summed E-state index contributed by atoms with van der Waals surface area (Å²) in [5.74, 6) is 0.551. The van der Waals surface area contributed by atoms with Gasteiger partial charge in [-0.25, -0.2) is 0 Å². The Balaban J connectivity index is 1.96. The zero-order chi connectivity index (χ0) is 9.76. The summed E-state index contributed by atoms with van der Waals surface area (Å²) in [5, 5.41) is 10.7. The molecule has 78 valence electrons. The van der Waals surface area contributed by atoms with Crippen LogP contribution < -0.4 is 0 Å². The van der Waals surface area contributed by atoms with Gasteiger partial charge in [0.2, 0.25) is 0 Å². The van der Waals surface area contributed by atoms with E-state index in [1.54, 1.807) is 0 Å². The lowest BCUT2D eigenvalue weighted by molar-refractivity contribution is 0.00397. The highest BCUT2D eigenvalue weighted by Gasteiger charge is 2.54. The fourth-order valence-corrected chi connectivity index (χ4v) is 3.59. The van der Waals surface area contributed by atoms with Crippen LogP contribution in [0.2, 0.25) is 0 Å². The summed E-state index contributed by atoms with van der Waals surface area (Å²) in [5.41, 5.74) is 1.09. The van der Waals surface area contributed by atoms with Gasteiger partial charge in [-0.3, -0.25) is 4.90 Å². The summed E-state index contributed by atoms with van der Waals surface area (Å²) in [7, 11) is 0. The van der Waals surface area contributed by atoms with Gasteiger partial charge in [-0.15, -0.1) is 0 Å². The topological polar surface area (TPSA) is 23.5 Å². The average molecular weight is 193 g/mol. The molecule has 0 unspecified atom stereocenters. The fraction of sp³-hybridized carbons (Fsp3) is 0.833. The minimum absolute atomic E-state index is 0.337. The van der Waals surface area contributed by atoms with Crippen LogP contribution in [0.1, 0.15) is 32.6 Å². The minimum Gasteiger partial charge on any atom is -0.388 e. The molecule has 0 spiro atoms. The van der Waals surface area contributed by atoms with Crippen LogP contribution >= 0.6 is 0 Å². The fourth-order valence-electron chi connectivity index (χ4n) is 3.59. The predicted molar refractivity (Wildman–Crippen MR) is 56.0 cm³/mol. The maximum atomic E-state index is 10.7. The lowest BCUT2D eigenvalue weighted by Gasteiger charge is -2.34. The Morgan fingerprint density at radius 1 is 1.57 bits per heavy atom. The molecule has 0 bridgehead atoms. The average Bonchev–Trinajstić information content (AvgIpc) is 2.62. The predicted octanol–water partition coefficient (Wildman–Crippen LogP) is 1.55. The van der Waals surface area contributed by atoms with Crippen molar-refractivity contribution in [2.45, 2.75) is 44.2 Å². The molecule has 14 heavy (non-hydrogen) atoms. The highest BCUT2D eigenvalue weighted by molar-refractivity contribution is 5.21. The van der Waals surface area contributed by atoms with Gasteiger partial charge in [-0.2, -0.15) is 0 Å². The molecule has 2 nitrogen and oxygen atoms in total. The number of hydrogen-bond acceptors (Lipinski definition) is 2. The molecule has 0 aromatic rings. The molecule has 1 saturated carbocycles. The molecule has 2 aliphatic heterocycles. The second kappa shape index (κ2) is 2.83. The molecule has 0 radical (unpaired) electrons. The lowest BCUT2D eigenvalue weighted by atomic mass is 9.86. The molecule has 3 rings (SSSR count). The molecular weight excluding hydrogens is 174 g/mol. The van der Waals surface area contributed by atoms with Gasteiger partial charge in [0.1, 0.15) is 0 Å². The van der Waals surface area contributed by atoms with Gasteiger partial charge in [0.05, 0.1) is 11.6 Å². The standard InChI is InChI=1S/C12H19NO/c1-9-4-6-13-8-10-3-2-5-12(10,14)11(13)7-9/h7,10-11,14H,2-6,8H2,1H3/t10-,11+,12+/m1/s1. The van der Waals surface area contributed by atoms with Gasteiger partial charge < -0.3 is 5.11 Å². The minimum atomic E-state index is -0.373. The Bertz CT molecular complexity index is 286. The van der Waals surface area contributed by atoms with Gasteiger partial charge in [0, 0.05) is 19.0 Å². The summed E-state index contributed by atoms with van der Waals surface area (Å²) in [6, 6.07) is 0.337. The first-order valence-corrected chi connectivity index (χ1v) is 5.84. The molecule has 1 aliphatic carbocycles. The molecule has 0 aromatic heterocycles. The van der Waals surface area contributed by atoms with Crippen molar-refractivity contribution in [3.05, 3.63) is 11.6 Å². The van der Waals surface area contributed by atoms with Crippen molar-refractivity contribution in [2.75, 3.05) is 13.1 Å². The third-order valence-electron chi connectivity index (χ3n) is 4.43. The Morgan fingerprint density at radius 3 is 3.29 bits per heavy atom. The number of hydrogen-bond donors (Lipinski definition) is 1. The lowest BCUT2D eigenvalue weighted by Crippen LogP contribution is -2.45. The number of rotatable bonds is 0. The number of fused-ring (bicyclic) bond motifs is 3. The van der Waals surface area contributed by atoms with E-state index in [1.807, 2.05) is 0 Å². The number of aliphatic hydroxyl groups is 1. The van der Waals surface area contributed by atoms with Crippen LogP contribution in [0.5, 0.6) is 0 Å². The van der Waals surface area contributed by atoms with Crippen LogP contribution in [0.3, 0.4) is 0 Å². The normalized spacial score (nSPS) is 47.4. The Labute approximate surface area is 85.6 Å². The third kappa shape index (κ3) is 1.04. The van der Waals surface area contributed by atoms with Crippen molar-refractivity contribution in [2.24, 2.45) is 5.92 Å². The van der Waals surface area contributed by atoms with Gasteiger partial charge in [-0.1, -0.05) is 18.1 Å². The van der Waals surface area contributed by atoms with Crippen LogP contribution in [0.15, 0.2) is 11.6 Å². The quantitative estimate of drug-likeness (QED) is 0.590. The van der Waals surface area contributed by atoms with E-state index in [9.17, 15) is 5.11 Å². The summed E-state index contributed by atoms with van der Waals surface area (Å²) >= 11 is 0. The molecule has 0 aromatic carbocycles. The summed E-state index contributed by atoms with van der Waals surface area (Å²) < 4.78 is 0. The first-order chi connectivity index (χ1) is 6.70. The van der Waals surface area contributed by atoms with E-state index in [0.717, 1.165) is 19.5 Å². The van der Waals surface area contributed by atoms with E-state index in [-0.39, 0.29) is 5.60 Å². The largest absolute Gasteiger partial charge is 0.388 e. The summed E-state index contributed by atoms with van der Waals surface area (Å²) in [6.07, 6.45) is 6.98. The first-order valence-electron chi connectivity index (χ1n) is 5.84. The second-order valence-corrected chi connectivity index (χ2v) is 5.28. The highest BCUT2D eigenvalue weighted by atomic mass is 16.3. The summed E-state index contributed by atoms with van der Waals surface area (Å²) in [6.45, 7) is 4.49. The zero-order valence-electron chi connectivity index (χ0n) is 8.87. The van der Waals surface area contributed by atoms with Crippen molar-refractivity contribution in [1.82, 2.24) is 4.90 Å². The molecule has 2 heteroatoms. The van der Waals surface area contributed by atoms with Crippen molar-refractivity contribution in [3.8, 4) is 0 Å². The zero-order valence-corrected chi connectivity index (χ0v) is 8.87.